The normalized spacial score (nSPS) is 15.2. The Morgan fingerprint density at radius 1 is 1.00 bits per heavy atom. The van der Waals surface area contributed by atoms with Crippen LogP contribution in [0.25, 0.3) is 0 Å². The highest BCUT2D eigenvalue weighted by Crippen LogP contribution is 2.27. The number of ether oxygens (including phenoxy) is 1. The van der Waals surface area contributed by atoms with Crippen LogP contribution in [0.15, 0.2) is 71.5 Å². The second-order valence-corrected chi connectivity index (χ2v) is 9.42. The van der Waals surface area contributed by atoms with E-state index in [4.69, 9.17) is 9.15 Å². The van der Waals surface area contributed by atoms with Crippen molar-refractivity contribution in [3.05, 3.63) is 84.1 Å². The third kappa shape index (κ3) is 6.84. The van der Waals surface area contributed by atoms with Crippen LogP contribution >= 0.6 is 0 Å². The number of piperidine rings is 1. The van der Waals surface area contributed by atoms with Crippen LogP contribution in [0.5, 0.6) is 5.75 Å². The zero-order valence-electron chi connectivity index (χ0n) is 19.8. The summed E-state index contributed by atoms with van der Waals surface area (Å²) in [5, 5.41) is 0. The number of anilines is 1. The fourth-order valence-electron chi connectivity index (χ4n) is 4.43. The van der Waals surface area contributed by atoms with Crippen molar-refractivity contribution in [2.75, 3.05) is 24.5 Å². The molecule has 33 heavy (non-hydrogen) atoms. The summed E-state index contributed by atoms with van der Waals surface area (Å²) in [7, 11) is 0. The summed E-state index contributed by atoms with van der Waals surface area (Å²) in [5.41, 5.74) is 3.48. The number of halogens is 1. The van der Waals surface area contributed by atoms with Crippen LogP contribution in [0.4, 0.5) is 10.1 Å². The molecule has 1 fully saturated rings. The van der Waals surface area contributed by atoms with Crippen LogP contribution in [-0.2, 0) is 13.2 Å². The second-order valence-electron chi connectivity index (χ2n) is 9.42. The fraction of sp³-hybridized carbons (Fsp3) is 0.429. The molecule has 0 N–H and O–H groups in total. The fourth-order valence-corrected chi connectivity index (χ4v) is 4.43. The summed E-state index contributed by atoms with van der Waals surface area (Å²) in [4.78, 5) is 5.08. The summed E-state index contributed by atoms with van der Waals surface area (Å²) in [5.74, 6) is 1.37. The van der Waals surface area contributed by atoms with Crippen molar-refractivity contribution in [3.8, 4) is 5.75 Å². The molecule has 4 nitrogen and oxygen atoms in total. The summed E-state index contributed by atoms with van der Waals surface area (Å²) >= 11 is 0. The molecule has 0 aliphatic carbocycles. The average Bonchev–Trinajstić information content (AvgIpc) is 3.35. The third-order valence-corrected chi connectivity index (χ3v) is 6.42. The van der Waals surface area contributed by atoms with E-state index in [0.29, 0.717) is 18.6 Å². The Labute approximate surface area is 197 Å². The van der Waals surface area contributed by atoms with Crippen LogP contribution in [-0.4, -0.2) is 30.6 Å². The predicted molar refractivity (Wildman–Crippen MR) is 131 cm³/mol. The van der Waals surface area contributed by atoms with Crippen LogP contribution in [0.3, 0.4) is 0 Å². The molecule has 0 unspecified atom stereocenters. The minimum absolute atomic E-state index is 0.170. The molecule has 1 aliphatic rings. The summed E-state index contributed by atoms with van der Waals surface area (Å²) in [6.45, 7) is 9.17. The Balaban J connectivity index is 1.36. The number of nitrogens with zero attached hydrogens (tertiary/aromatic N) is 2. The third-order valence-electron chi connectivity index (χ3n) is 6.42. The molecule has 5 heteroatoms. The number of rotatable bonds is 10. The van der Waals surface area contributed by atoms with Gasteiger partial charge in [0, 0.05) is 43.5 Å². The van der Waals surface area contributed by atoms with Crippen molar-refractivity contribution >= 4 is 5.69 Å². The second kappa shape index (κ2) is 11.4. The smallest absolute Gasteiger partial charge is 0.123 e. The van der Waals surface area contributed by atoms with Crippen molar-refractivity contribution in [2.24, 2.45) is 5.92 Å². The van der Waals surface area contributed by atoms with Crippen LogP contribution in [0.1, 0.15) is 44.2 Å². The molecule has 176 valence electrons. The Kier molecular flexibility index (Phi) is 8.05. The van der Waals surface area contributed by atoms with E-state index in [0.717, 1.165) is 50.3 Å². The first kappa shape index (κ1) is 23.4. The molecule has 2 aromatic carbocycles. The van der Waals surface area contributed by atoms with E-state index in [1.54, 1.807) is 24.7 Å². The molecule has 0 amide bonds. The van der Waals surface area contributed by atoms with Crippen molar-refractivity contribution in [2.45, 2.75) is 52.3 Å². The Hall–Kier alpha value is -2.79. The molecule has 3 aromatic rings. The lowest BCUT2D eigenvalue weighted by Gasteiger charge is -2.40. The van der Waals surface area contributed by atoms with E-state index in [-0.39, 0.29) is 5.82 Å². The SMILES string of the molecule is CC(C)CCN(c1ccc(OCc2ccoc2)cc1)C1CCN(Cc2ccc(F)cc2)CC1. The molecule has 2 heterocycles. The molecule has 0 radical (unpaired) electrons. The first-order chi connectivity index (χ1) is 16.1. The molecule has 0 atom stereocenters. The summed E-state index contributed by atoms with van der Waals surface area (Å²) < 4.78 is 24.2. The zero-order valence-corrected chi connectivity index (χ0v) is 19.8. The van der Waals surface area contributed by atoms with Gasteiger partial charge in [-0.15, -0.1) is 0 Å². The van der Waals surface area contributed by atoms with E-state index < -0.39 is 0 Å². The quantitative estimate of drug-likeness (QED) is 0.352. The number of hydrogen-bond acceptors (Lipinski definition) is 4. The van der Waals surface area contributed by atoms with Crippen molar-refractivity contribution in [1.82, 2.24) is 4.90 Å². The van der Waals surface area contributed by atoms with E-state index >= 15 is 0 Å². The minimum Gasteiger partial charge on any atom is -0.489 e. The average molecular weight is 451 g/mol. The van der Waals surface area contributed by atoms with Crippen LogP contribution < -0.4 is 9.64 Å². The molecular formula is C28H35FN2O2. The molecule has 4 rings (SSSR count). The molecule has 0 bridgehead atoms. The van der Waals surface area contributed by atoms with Gasteiger partial charge in [-0.2, -0.15) is 0 Å². The van der Waals surface area contributed by atoms with Gasteiger partial charge in [0.1, 0.15) is 18.2 Å². The first-order valence-electron chi connectivity index (χ1n) is 12.0. The van der Waals surface area contributed by atoms with Gasteiger partial charge in [0.05, 0.1) is 12.5 Å². The van der Waals surface area contributed by atoms with Gasteiger partial charge in [-0.3, -0.25) is 4.90 Å². The topological polar surface area (TPSA) is 28.9 Å². The van der Waals surface area contributed by atoms with Gasteiger partial charge >= 0.3 is 0 Å². The van der Waals surface area contributed by atoms with Crippen LogP contribution in [0, 0.1) is 11.7 Å². The molecule has 1 saturated heterocycles. The molecule has 0 spiro atoms. The van der Waals surface area contributed by atoms with E-state index in [1.807, 2.05) is 18.2 Å². The van der Waals surface area contributed by atoms with Gasteiger partial charge in [-0.1, -0.05) is 26.0 Å². The Morgan fingerprint density at radius 2 is 1.73 bits per heavy atom. The summed E-state index contributed by atoms with van der Waals surface area (Å²) in [6, 6.07) is 17.9. The molecule has 1 aromatic heterocycles. The van der Waals surface area contributed by atoms with Gasteiger partial charge in [-0.05, 0) is 73.2 Å². The standard InChI is InChI=1S/C28H35FN2O2/c1-22(2)11-17-31(26-7-9-28(10-8-26)33-21-24-14-18-32-20-24)27-12-15-30(16-13-27)19-23-3-5-25(29)6-4-23/h3-10,14,18,20,22,27H,11-13,15-17,19,21H2,1-2H3. The van der Waals surface area contributed by atoms with Crippen LogP contribution in [0.2, 0.25) is 0 Å². The highest BCUT2D eigenvalue weighted by molar-refractivity contribution is 5.50. The van der Waals surface area contributed by atoms with Gasteiger partial charge in [0.15, 0.2) is 0 Å². The minimum atomic E-state index is -0.170. The molecule has 1 aliphatic heterocycles. The van der Waals surface area contributed by atoms with E-state index in [2.05, 4.69) is 47.9 Å². The lowest BCUT2D eigenvalue weighted by molar-refractivity contribution is 0.200. The number of benzene rings is 2. The maximum Gasteiger partial charge on any atom is 0.123 e. The molecular weight excluding hydrogens is 415 g/mol. The lowest BCUT2D eigenvalue weighted by atomic mass is 10.00. The predicted octanol–water partition coefficient (Wildman–Crippen LogP) is 6.51. The van der Waals surface area contributed by atoms with Crippen molar-refractivity contribution in [3.63, 3.8) is 0 Å². The highest BCUT2D eigenvalue weighted by Gasteiger charge is 2.25. The Morgan fingerprint density at radius 3 is 2.36 bits per heavy atom. The highest BCUT2D eigenvalue weighted by atomic mass is 19.1. The van der Waals surface area contributed by atoms with Gasteiger partial charge in [0.2, 0.25) is 0 Å². The number of furan rings is 1. The van der Waals surface area contributed by atoms with Crippen molar-refractivity contribution in [1.29, 1.82) is 0 Å². The monoisotopic (exact) mass is 450 g/mol. The van der Waals surface area contributed by atoms with Gasteiger partial charge in [0.25, 0.3) is 0 Å². The zero-order chi connectivity index (χ0) is 23.0. The maximum atomic E-state index is 13.2. The van der Waals surface area contributed by atoms with Gasteiger partial charge < -0.3 is 14.1 Å². The lowest BCUT2D eigenvalue weighted by Crippen LogP contribution is -2.45. The Bertz CT molecular complexity index is 947. The van der Waals surface area contributed by atoms with Gasteiger partial charge in [-0.25, -0.2) is 4.39 Å². The maximum absolute atomic E-state index is 13.2. The summed E-state index contributed by atoms with van der Waals surface area (Å²) in [6.07, 6.45) is 6.83. The van der Waals surface area contributed by atoms with E-state index in [1.165, 1.54) is 17.7 Å². The largest absolute Gasteiger partial charge is 0.489 e. The van der Waals surface area contributed by atoms with Crippen molar-refractivity contribution < 1.29 is 13.5 Å². The number of likely N-dealkylation sites (tertiary alicyclic amines) is 1. The van der Waals surface area contributed by atoms with E-state index in [9.17, 15) is 4.39 Å². The first-order valence-corrected chi connectivity index (χ1v) is 12.0. The molecule has 0 saturated carbocycles. The number of hydrogen-bond donors (Lipinski definition) is 0.